The van der Waals surface area contributed by atoms with Crippen LogP contribution in [0.1, 0.15) is 16.1 Å². The molecule has 0 bridgehead atoms. The summed E-state index contributed by atoms with van der Waals surface area (Å²) in [6.07, 6.45) is 1.42. The molecule has 1 aromatic carbocycles. The number of rotatable bonds is 2. The molecule has 1 aromatic heterocycles. The summed E-state index contributed by atoms with van der Waals surface area (Å²) < 4.78 is 6.58. The van der Waals surface area contributed by atoms with Crippen LogP contribution in [0, 0.1) is 11.3 Å². The lowest BCUT2D eigenvalue weighted by Crippen LogP contribution is -2.11. The van der Waals surface area contributed by atoms with Gasteiger partial charge in [0.2, 0.25) is 0 Å². The minimum Gasteiger partial charge on any atom is -0.464 e. The van der Waals surface area contributed by atoms with Gasteiger partial charge in [-0.25, -0.2) is 4.79 Å². The molecule has 0 aliphatic rings. The van der Waals surface area contributed by atoms with E-state index in [-0.39, 0.29) is 22.0 Å². The average Bonchev–Trinajstić information content (AvgIpc) is 2.80. The SMILES string of the molecule is COC(=O)c1c(N)c(C#N)cn1-c1ccc(Cl)c(Br)c1Cl. The van der Waals surface area contributed by atoms with Crippen LogP contribution in [0.5, 0.6) is 0 Å². The summed E-state index contributed by atoms with van der Waals surface area (Å²) in [6.45, 7) is 0. The van der Waals surface area contributed by atoms with Crippen LogP contribution in [0.15, 0.2) is 22.8 Å². The molecule has 0 amide bonds. The van der Waals surface area contributed by atoms with E-state index in [1.807, 2.05) is 6.07 Å². The number of aromatic nitrogens is 1. The van der Waals surface area contributed by atoms with Crippen LogP contribution < -0.4 is 5.73 Å². The maximum Gasteiger partial charge on any atom is 0.357 e. The molecule has 0 saturated heterocycles. The third-order valence-electron chi connectivity index (χ3n) is 2.82. The fraction of sp³-hybridized carbons (Fsp3) is 0.0769. The van der Waals surface area contributed by atoms with E-state index >= 15 is 0 Å². The van der Waals surface area contributed by atoms with Crippen molar-refractivity contribution in [1.82, 2.24) is 4.57 Å². The van der Waals surface area contributed by atoms with Crippen LogP contribution in [0.3, 0.4) is 0 Å². The highest BCUT2D eigenvalue weighted by Gasteiger charge is 2.23. The van der Waals surface area contributed by atoms with Crippen LogP contribution in [0.4, 0.5) is 5.69 Å². The van der Waals surface area contributed by atoms with Crippen molar-refractivity contribution in [3.63, 3.8) is 0 Å². The molecule has 5 nitrogen and oxygen atoms in total. The molecule has 0 aliphatic heterocycles. The number of ether oxygens (including phenoxy) is 1. The molecule has 0 aliphatic carbocycles. The van der Waals surface area contributed by atoms with E-state index in [0.29, 0.717) is 15.2 Å². The number of benzene rings is 1. The van der Waals surface area contributed by atoms with E-state index in [1.54, 1.807) is 12.1 Å². The standard InChI is InChI=1S/C13H8BrCl2N3O2/c1-21-13(20)12-11(18)6(4-17)5-19(12)8-3-2-7(15)9(14)10(8)16/h2-3,5H,18H2,1H3. The van der Waals surface area contributed by atoms with Crippen molar-refractivity contribution in [3.05, 3.63) is 44.1 Å². The number of halogens is 3. The first kappa shape index (κ1) is 15.7. The van der Waals surface area contributed by atoms with E-state index in [9.17, 15) is 4.79 Å². The third kappa shape index (κ3) is 2.60. The predicted molar refractivity (Wildman–Crippen MR) is 84.0 cm³/mol. The van der Waals surface area contributed by atoms with E-state index in [2.05, 4.69) is 15.9 Å². The highest BCUT2D eigenvalue weighted by molar-refractivity contribution is 9.10. The van der Waals surface area contributed by atoms with Gasteiger partial charge in [-0.2, -0.15) is 5.26 Å². The van der Waals surface area contributed by atoms with Crippen molar-refractivity contribution in [2.45, 2.75) is 0 Å². The molecule has 2 N–H and O–H groups in total. The van der Waals surface area contributed by atoms with Crippen LogP contribution >= 0.6 is 39.1 Å². The number of esters is 1. The quantitative estimate of drug-likeness (QED) is 0.626. The number of hydrogen-bond acceptors (Lipinski definition) is 4. The zero-order chi connectivity index (χ0) is 15.7. The van der Waals surface area contributed by atoms with Crippen LogP contribution in [0.25, 0.3) is 5.69 Å². The lowest BCUT2D eigenvalue weighted by Gasteiger charge is -2.12. The van der Waals surface area contributed by atoms with E-state index in [1.165, 1.54) is 17.9 Å². The molecular formula is C13H8BrCl2N3O2. The van der Waals surface area contributed by atoms with Crippen molar-refractivity contribution in [3.8, 4) is 11.8 Å². The minimum absolute atomic E-state index is 0.0326. The normalized spacial score (nSPS) is 10.2. The van der Waals surface area contributed by atoms with Gasteiger partial charge in [-0.15, -0.1) is 0 Å². The molecule has 0 atom stereocenters. The average molecular weight is 389 g/mol. The number of nitriles is 1. The van der Waals surface area contributed by atoms with Crippen molar-refractivity contribution < 1.29 is 9.53 Å². The summed E-state index contributed by atoms with van der Waals surface area (Å²) in [4.78, 5) is 11.9. The van der Waals surface area contributed by atoms with Gasteiger partial charge in [0.15, 0.2) is 5.69 Å². The van der Waals surface area contributed by atoms with Gasteiger partial charge in [-0.1, -0.05) is 23.2 Å². The zero-order valence-corrected chi connectivity index (χ0v) is 13.8. The van der Waals surface area contributed by atoms with Crippen LogP contribution in [-0.2, 0) is 4.74 Å². The summed E-state index contributed by atoms with van der Waals surface area (Å²) in [7, 11) is 1.23. The number of carbonyl (C=O) groups is 1. The van der Waals surface area contributed by atoms with E-state index < -0.39 is 5.97 Å². The Kier molecular flexibility index (Phi) is 4.47. The Balaban J connectivity index is 2.79. The van der Waals surface area contributed by atoms with Gasteiger partial charge >= 0.3 is 5.97 Å². The maximum absolute atomic E-state index is 11.9. The number of nitrogen functional groups attached to an aromatic ring is 1. The number of nitrogens with zero attached hydrogens (tertiary/aromatic N) is 2. The highest BCUT2D eigenvalue weighted by Crippen LogP contribution is 2.37. The van der Waals surface area contributed by atoms with Gasteiger partial charge in [-0.3, -0.25) is 0 Å². The molecule has 0 fully saturated rings. The van der Waals surface area contributed by atoms with Crippen LogP contribution in [0.2, 0.25) is 10.0 Å². The summed E-state index contributed by atoms with van der Waals surface area (Å²) in [6, 6.07) is 5.14. The first-order valence-electron chi connectivity index (χ1n) is 5.55. The fourth-order valence-electron chi connectivity index (χ4n) is 1.81. The number of anilines is 1. The molecule has 108 valence electrons. The Bertz CT molecular complexity index is 781. The van der Waals surface area contributed by atoms with Crippen molar-refractivity contribution in [2.75, 3.05) is 12.8 Å². The topological polar surface area (TPSA) is 81.0 Å². The molecule has 0 saturated carbocycles. The zero-order valence-electron chi connectivity index (χ0n) is 10.7. The van der Waals surface area contributed by atoms with Gasteiger partial charge in [0.1, 0.15) is 6.07 Å². The van der Waals surface area contributed by atoms with E-state index in [4.69, 9.17) is 38.9 Å². The third-order valence-corrected chi connectivity index (χ3v) is 4.80. The molecule has 2 rings (SSSR count). The fourth-order valence-corrected chi connectivity index (χ4v) is 2.60. The maximum atomic E-state index is 11.9. The largest absolute Gasteiger partial charge is 0.464 e. The number of carbonyl (C=O) groups excluding carboxylic acids is 1. The van der Waals surface area contributed by atoms with Gasteiger partial charge in [0, 0.05) is 6.20 Å². The van der Waals surface area contributed by atoms with Gasteiger partial charge < -0.3 is 15.0 Å². The Morgan fingerprint density at radius 2 is 2.14 bits per heavy atom. The molecule has 0 spiro atoms. The van der Waals surface area contributed by atoms with Crippen molar-refractivity contribution >= 4 is 50.8 Å². The molecule has 1 heterocycles. The monoisotopic (exact) mass is 387 g/mol. The smallest absolute Gasteiger partial charge is 0.357 e. The van der Waals surface area contributed by atoms with Gasteiger partial charge in [0.25, 0.3) is 0 Å². The Morgan fingerprint density at radius 3 is 2.71 bits per heavy atom. The number of hydrogen-bond donors (Lipinski definition) is 1. The molecular weight excluding hydrogens is 381 g/mol. The summed E-state index contributed by atoms with van der Waals surface area (Å²) in [5, 5.41) is 9.77. The Hall–Kier alpha value is -1.68. The second-order valence-corrected chi connectivity index (χ2v) is 5.55. The summed E-state index contributed by atoms with van der Waals surface area (Å²) in [5.74, 6) is -0.670. The highest BCUT2D eigenvalue weighted by atomic mass is 79.9. The van der Waals surface area contributed by atoms with Gasteiger partial charge in [0.05, 0.1) is 38.6 Å². The molecule has 8 heteroatoms. The van der Waals surface area contributed by atoms with Crippen LogP contribution in [-0.4, -0.2) is 17.6 Å². The second-order valence-electron chi connectivity index (χ2n) is 3.97. The Labute approximate surface area is 138 Å². The molecule has 2 aromatic rings. The second kappa shape index (κ2) is 5.98. The first-order chi connectivity index (χ1) is 9.92. The first-order valence-corrected chi connectivity index (χ1v) is 7.10. The van der Waals surface area contributed by atoms with E-state index in [0.717, 1.165) is 0 Å². The van der Waals surface area contributed by atoms with Crippen molar-refractivity contribution in [2.24, 2.45) is 0 Å². The Morgan fingerprint density at radius 1 is 1.48 bits per heavy atom. The molecule has 0 radical (unpaired) electrons. The number of nitrogens with two attached hydrogens (primary N) is 1. The summed E-state index contributed by atoms with van der Waals surface area (Å²) in [5.41, 5.74) is 6.48. The molecule has 0 unspecified atom stereocenters. The lowest BCUT2D eigenvalue weighted by molar-refractivity contribution is 0.0593. The summed E-state index contributed by atoms with van der Waals surface area (Å²) >= 11 is 15.4. The number of methoxy groups -OCH3 is 1. The van der Waals surface area contributed by atoms with Crippen molar-refractivity contribution in [1.29, 1.82) is 5.26 Å². The molecule has 21 heavy (non-hydrogen) atoms. The minimum atomic E-state index is -0.670. The predicted octanol–water partition coefficient (Wildman–Crippen LogP) is 3.79. The lowest BCUT2D eigenvalue weighted by atomic mass is 10.2. The van der Waals surface area contributed by atoms with Gasteiger partial charge in [-0.05, 0) is 28.1 Å².